The average Bonchev–Trinajstić information content (AvgIpc) is 3.20. The predicted octanol–water partition coefficient (Wildman–Crippen LogP) is 1.17. The molecule has 1 fully saturated rings. The molecule has 3 atom stereocenters. The molecule has 0 saturated heterocycles. The fourth-order valence-electron chi connectivity index (χ4n) is 4.72. The highest BCUT2D eigenvalue weighted by atomic mass is 16.3. The van der Waals surface area contributed by atoms with E-state index in [0.717, 1.165) is 19.3 Å². The number of hydrogen-bond acceptors (Lipinski definition) is 5. The predicted molar refractivity (Wildman–Crippen MR) is 113 cm³/mol. The summed E-state index contributed by atoms with van der Waals surface area (Å²) in [7, 11) is 0. The van der Waals surface area contributed by atoms with Gasteiger partial charge >= 0.3 is 5.69 Å². The Balaban J connectivity index is 1.38. The van der Waals surface area contributed by atoms with E-state index in [4.69, 9.17) is 0 Å². The van der Waals surface area contributed by atoms with E-state index in [1.54, 1.807) is 0 Å². The second-order valence-electron chi connectivity index (χ2n) is 8.41. The maximum absolute atomic E-state index is 12.9. The van der Waals surface area contributed by atoms with Crippen molar-refractivity contribution >= 4 is 11.8 Å². The van der Waals surface area contributed by atoms with Gasteiger partial charge in [0.15, 0.2) is 5.69 Å². The molecule has 1 saturated carbocycles. The summed E-state index contributed by atoms with van der Waals surface area (Å²) in [5.74, 6) is -1.84. The van der Waals surface area contributed by atoms with Gasteiger partial charge in [0.2, 0.25) is 11.7 Å². The van der Waals surface area contributed by atoms with Gasteiger partial charge in [0.05, 0.1) is 6.04 Å². The Morgan fingerprint density at radius 3 is 2.71 bits per heavy atom. The fourth-order valence-corrected chi connectivity index (χ4v) is 4.72. The molecule has 0 radical (unpaired) electrons. The van der Waals surface area contributed by atoms with Crippen molar-refractivity contribution in [3.8, 4) is 5.75 Å². The second-order valence-corrected chi connectivity index (χ2v) is 8.41. The zero-order valence-electron chi connectivity index (χ0n) is 17.3. The summed E-state index contributed by atoms with van der Waals surface area (Å²) in [5, 5.41) is 15.6. The smallest absolute Gasteiger partial charge is 0.326 e. The van der Waals surface area contributed by atoms with Crippen LogP contribution in [0.5, 0.6) is 5.75 Å². The van der Waals surface area contributed by atoms with Crippen LogP contribution in [0.3, 0.4) is 0 Å². The standard InChI is InChI=1S/C22H26N4O5/c1-11-4-2-6-15-14(11)5-3-7-16(15)24-19(28)12-8-9-13(10-12)23-20(29)17-18(27)21(30)26-22(31)25-17/h2,4,6,12-13,16,27H,3,5,7-10H2,1H3,(H,23,29)(H,24,28)(H2,25,26,30,31)/t12-,13+,16-/m1/s1. The summed E-state index contributed by atoms with van der Waals surface area (Å²) in [4.78, 5) is 52.2. The van der Waals surface area contributed by atoms with Crippen LogP contribution in [0.25, 0.3) is 0 Å². The van der Waals surface area contributed by atoms with E-state index in [1.807, 2.05) is 11.1 Å². The first-order valence-corrected chi connectivity index (χ1v) is 10.6. The lowest BCUT2D eigenvalue weighted by molar-refractivity contribution is -0.125. The maximum atomic E-state index is 12.9. The number of benzene rings is 1. The topological polar surface area (TPSA) is 144 Å². The number of rotatable bonds is 4. The number of aromatic nitrogens is 2. The lowest BCUT2D eigenvalue weighted by Gasteiger charge is -2.28. The van der Waals surface area contributed by atoms with Crippen LogP contribution in [0.2, 0.25) is 0 Å². The summed E-state index contributed by atoms with van der Waals surface area (Å²) in [6, 6.07) is 5.92. The Bertz CT molecular complexity index is 1140. The summed E-state index contributed by atoms with van der Waals surface area (Å²) >= 11 is 0. The van der Waals surface area contributed by atoms with Gasteiger partial charge in [-0.05, 0) is 62.1 Å². The first-order chi connectivity index (χ1) is 14.8. The Morgan fingerprint density at radius 1 is 1.10 bits per heavy atom. The van der Waals surface area contributed by atoms with Gasteiger partial charge in [-0.1, -0.05) is 18.2 Å². The molecular formula is C22H26N4O5. The highest BCUT2D eigenvalue weighted by molar-refractivity contribution is 5.94. The molecule has 2 amide bonds. The van der Waals surface area contributed by atoms with E-state index in [-0.39, 0.29) is 23.9 Å². The third-order valence-corrected chi connectivity index (χ3v) is 6.34. The van der Waals surface area contributed by atoms with Gasteiger partial charge in [-0.25, -0.2) is 4.79 Å². The number of H-pyrrole nitrogens is 2. The molecule has 0 aliphatic heterocycles. The van der Waals surface area contributed by atoms with Crippen molar-refractivity contribution in [2.75, 3.05) is 0 Å². The van der Waals surface area contributed by atoms with Crippen molar-refractivity contribution in [1.29, 1.82) is 0 Å². The molecule has 2 aromatic rings. The van der Waals surface area contributed by atoms with Gasteiger partial charge in [-0.2, -0.15) is 0 Å². The molecule has 9 nitrogen and oxygen atoms in total. The molecule has 2 aliphatic rings. The Labute approximate surface area is 178 Å². The minimum atomic E-state index is -1.03. The van der Waals surface area contributed by atoms with Gasteiger partial charge in [-0.15, -0.1) is 0 Å². The molecule has 1 aromatic carbocycles. The third kappa shape index (κ3) is 4.26. The van der Waals surface area contributed by atoms with Crippen LogP contribution in [0.1, 0.15) is 65.3 Å². The molecule has 164 valence electrons. The van der Waals surface area contributed by atoms with Crippen LogP contribution in [0.4, 0.5) is 0 Å². The van der Waals surface area contributed by atoms with Crippen LogP contribution in [0, 0.1) is 12.8 Å². The first-order valence-electron chi connectivity index (χ1n) is 10.6. The van der Waals surface area contributed by atoms with Crippen molar-refractivity contribution in [3.05, 3.63) is 61.4 Å². The monoisotopic (exact) mass is 426 g/mol. The Hall–Kier alpha value is -3.36. The summed E-state index contributed by atoms with van der Waals surface area (Å²) in [5.41, 5.74) is 1.38. The lowest BCUT2D eigenvalue weighted by atomic mass is 9.85. The van der Waals surface area contributed by atoms with E-state index in [2.05, 4.69) is 34.7 Å². The van der Waals surface area contributed by atoms with Crippen molar-refractivity contribution < 1.29 is 14.7 Å². The van der Waals surface area contributed by atoms with Crippen LogP contribution in [-0.4, -0.2) is 32.9 Å². The minimum Gasteiger partial charge on any atom is -0.501 e. The van der Waals surface area contributed by atoms with Crippen molar-refractivity contribution in [1.82, 2.24) is 20.6 Å². The van der Waals surface area contributed by atoms with Gasteiger partial charge in [0, 0.05) is 12.0 Å². The number of fused-ring (bicyclic) bond motifs is 1. The van der Waals surface area contributed by atoms with Crippen molar-refractivity contribution in [2.45, 2.75) is 57.5 Å². The summed E-state index contributed by atoms with van der Waals surface area (Å²) in [6.45, 7) is 2.10. The molecular weight excluding hydrogens is 400 g/mol. The average molecular weight is 426 g/mol. The largest absolute Gasteiger partial charge is 0.501 e. The van der Waals surface area contributed by atoms with E-state index in [0.29, 0.717) is 19.3 Å². The Kier molecular flexibility index (Phi) is 5.67. The van der Waals surface area contributed by atoms with E-state index >= 15 is 0 Å². The molecule has 5 N–H and O–H groups in total. The molecule has 31 heavy (non-hydrogen) atoms. The number of aromatic hydroxyl groups is 1. The minimum absolute atomic E-state index is 0.00265. The molecule has 0 unspecified atom stereocenters. The lowest BCUT2D eigenvalue weighted by Crippen LogP contribution is -2.38. The van der Waals surface area contributed by atoms with Crippen LogP contribution >= 0.6 is 0 Å². The fraction of sp³-hybridized carbons (Fsp3) is 0.455. The SMILES string of the molecule is Cc1cccc2c1CCC[C@H]2NC(=O)[C@@H]1CC[C@H](NC(=O)c2[nH]c(=O)[nH]c(=O)c2O)C1. The molecule has 4 rings (SSSR count). The molecule has 1 aromatic heterocycles. The molecule has 0 spiro atoms. The third-order valence-electron chi connectivity index (χ3n) is 6.34. The zero-order chi connectivity index (χ0) is 22.1. The maximum Gasteiger partial charge on any atom is 0.326 e. The van der Waals surface area contributed by atoms with Crippen LogP contribution in [-0.2, 0) is 11.2 Å². The number of aryl methyl sites for hydroxylation is 1. The molecule has 1 heterocycles. The van der Waals surface area contributed by atoms with Gasteiger partial charge < -0.3 is 15.7 Å². The quantitative estimate of drug-likeness (QED) is 0.498. The Morgan fingerprint density at radius 2 is 1.90 bits per heavy atom. The summed E-state index contributed by atoms with van der Waals surface area (Å²) in [6.07, 6.45) is 4.65. The van der Waals surface area contributed by atoms with E-state index in [9.17, 15) is 24.3 Å². The van der Waals surface area contributed by atoms with Crippen LogP contribution < -0.4 is 21.9 Å². The van der Waals surface area contributed by atoms with Gasteiger partial charge in [0.25, 0.3) is 11.5 Å². The number of nitrogens with one attached hydrogen (secondary N) is 4. The summed E-state index contributed by atoms with van der Waals surface area (Å²) < 4.78 is 0. The number of aromatic amines is 2. The van der Waals surface area contributed by atoms with E-state index in [1.165, 1.54) is 16.7 Å². The van der Waals surface area contributed by atoms with Gasteiger partial charge in [0.1, 0.15) is 0 Å². The number of carbonyl (C=O) groups excluding carboxylic acids is 2. The zero-order valence-corrected chi connectivity index (χ0v) is 17.3. The van der Waals surface area contributed by atoms with E-state index < -0.39 is 28.6 Å². The number of amides is 2. The second kappa shape index (κ2) is 8.41. The first kappa shape index (κ1) is 20.9. The highest BCUT2D eigenvalue weighted by Gasteiger charge is 2.33. The van der Waals surface area contributed by atoms with Gasteiger partial charge in [-0.3, -0.25) is 24.4 Å². The molecule has 0 bridgehead atoms. The van der Waals surface area contributed by atoms with Crippen molar-refractivity contribution in [3.63, 3.8) is 0 Å². The highest BCUT2D eigenvalue weighted by Crippen LogP contribution is 2.33. The van der Waals surface area contributed by atoms with Crippen LogP contribution in [0.15, 0.2) is 27.8 Å². The molecule has 9 heteroatoms. The number of hydrogen-bond donors (Lipinski definition) is 5. The molecule has 2 aliphatic carbocycles. The van der Waals surface area contributed by atoms with Crippen molar-refractivity contribution in [2.24, 2.45) is 5.92 Å². The normalized spacial score (nSPS) is 22.5. The number of carbonyl (C=O) groups is 2.